The largest absolute Gasteiger partial charge is 0.418 e. The van der Waals surface area contributed by atoms with Gasteiger partial charge >= 0.3 is 6.18 Å². The van der Waals surface area contributed by atoms with E-state index in [0.29, 0.717) is 5.75 Å². The first-order valence-electron chi connectivity index (χ1n) is 7.38. The molecule has 3 rings (SSSR count). The second-order valence-electron chi connectivity index (χ2n) is 5.19. The molecule has 3 aromatic rings. The molecule has 0 aliphatic rings. The van der Waals surface area contributed by atoms with E-state index in [4.69, 9.17) is 0 Å². The zero-order chi connectivity index (χ0) is 17.9. The van der Waals surface area contributed by atoms with Crippen LogP contribution in [-0.4, -0.2) is 9.55 Å². The monoisotopic (exact) mass is 362 g/mol. The van der Waals surface area contributed by atoms with Crippen LogP contribution >= 0.6 is 11.8 Å². The van der Waals surface area contributed by atoms with E-state index in [2.05, 4.69) is 4.98 Å². The van der Waals surface area contributed by atoms with Crippen molar-refractivity contribution in [3.05, 3.63) is 88.3 Å². The lowest BCUT2D eigenvalue weighted by molar-refractivity contribution is -0.137. The van der Waals surface area contributed by atoms with Gasteiger partial charge in [0, 0.05) is 18.0 Å². The van der Waals surface area contributed by atoms with Crippen molar-refractivity contribution in [1.82, 2.24) is 9.55 Å². The Kier molecular flexibility index (Phi) is 4.94. The van der Waals surface area contributed by atoms with Crippen molar-refractivity contribution >= 4 is 11.8 Å². The molecule has 0 amide bonds. The molecule has 0 aliphatic heterocycles. The number of nitrogens with zero attached hydrogens (tertiary/aromatic N) is 2. The molecular weight excluding hydrogens is 349 g/mol. The molecule has 128 valence electrons. The second kappa shape index (κ2) is 7.14. The molecule has 0 bridgehead atoms. The van der Waals surface area contributed by atoms with Crippen LogP contribution in [0.2, 0.25) is 0 Å². The highest BCUT2D eigenvalue weighted by molar-refractivity contribution is 7.98. The van der Waals surface area contributed by atoms with Crippen molar-refractivity contribution in [2.75, 3.05) is 0 Å². The minimum absolute atomic E-state index is 0.216. The Morgan fingerprint density at radius 1 is 0.960 bits per heavy atom. The molecule has 0 spiro atoms. The predicted molar refractivity (Wildman–Crippen MR) is 90.8 cm³/mol. The van der Waals surface area contributed by atoms with Crippen molar-refractivity contribution in [3.63, 3.8) is 0 Å². The molecule has 0 aliphatic carbocycles. The first-order chi connectivity index (χ1) is 12.0. The zero-order valence-electron chi connectivity index (χ0n) is 12.9. The summed E-state index contributed by atoms with van der Waals surface area (Å²) in [6, 6.07) is 15.6. The molecular formula is C18H13F3N2OS. The molecule has 1 heterocycles. The third-order valence-corrected chi connectivity index (χ3v) is 4.50. The number of thioether (sulfide) groups is 1. The summed E-state index contributed by atoms with van der Waals surface area (Å²) >= 11 is 1.21. The second-order valence-corrected chi connectivity index (χ2v) is 6.13. The highest BCUT2D eigenvalue weighted by Crippen LogP contribution is 2.34. The van der Waals surface area contributed by atoms with Crippen LogP contribution in [0, 0.1) is 0 Å². The Balaban J connectivity index is 2.05. The van der Waals surface area contributed by atoms with Gasteiger partial charge in [-0.05, 0) is 17.7 Å². The number of hydrogen-bond acceptors (Lipinski definition) is 3. The number of alkyl halides is 3. The van der Waals surface area contributed by atoms with Gasteiger partial charge in [-0.25, -0.2) is 4.98 Å². The number of halogens is 3. The van der Waals surface area contributed by atoms with Crippen molar-refractivity contribution in [2.24, 2.45) is 0 Å². The van der Waals surface area contributed by atoms with Gasteiger partial charge in [0.2, 0.25) is 0 Å². The lowest BCUT2D eigenvalue weighted by Crippen LogP contribution is -2.23. The van der Waals surface area contributed by atoms with Crippen LogP contribution in [0.4, 0.5) is 13.2 Å². The minimum Gasteiger partial charge on any atom is -0.269 e. The van der Waals surface area contributed by atoms with Gasteiger partial charge in [-0.2, -0.15) is 13.2 Å². The van der Waals surface area contributed by atoms with Gasteiger partial charge in [-0.1, -0.05) is 54.2 Å². The maximum absolute atomic E-state index is 13.3. The van der Waals surface area contributed by atoms with Gasteiger partial charge in [0.15, 0.2) is 5.16 Å². The summed E-state index contributed by atoms with van der Waals surface area (Å²) < 4.78 is 40.9. The van der Waals surface area contributed by atoms with Crippen LogP contribution in [0.15, 0.2) is 76.8 Å². The first kappa shape index (κ1) is 17.3. The Morgan fingerprint density at radius 3 is 2.36 bits per heavy atom. The van der Waals surface area contributed by atoms with E-state index in [1.54, 1.807) is 0 Å². The summed E-state index contributed by atoms with van der Waals surface area (Å²) in [7, 11) is 0. The lowest BCUT2D eigenvalue weighted by Gasteiger charge is -2.16. The third kappa shape index (κ3) is 3.93. The standard InChI is InChI=1S/C18H13F3N2OS/c19-18(20,21)14-8-4-5-9-15(14)23-16(24)10-11-22-17(23)25-12-13-6-2-1-3-7-13/h1-11H,12H2. The Hall–Kier alpha value is -2.54. The molecule has 0 atom stereocenters. The SMILES string of the molecule is O=c1ccnc(SCc2ccccc2)n1-c1ccccc1C(F)(F)F. The lowest BCUT2D eigenvalue weighted by atomic mass is 10.1. The molecule has 0 unspecified atom stereocenters. The fourth-order valence-electron chi connectivity index (χ4n) is 2.35. The Morgan fingerprint density at radius 2 is 1.64 bits per heavy atom. The summed E-state index contributed by atoms with van der Waals surface area (Å²) in [4.78, 5) is 16.4. The molecule has 3 nitrogen and oxygen atoms in total. The predicted octanol–water partition coefficient (Wildman–Crippen LogP) is 4.54. The number of aromatic nitrogens is 2. The van der Waals surface area contributed by atoms with Gasteiger partial charge < -0.3 is 0 Å². The molecule has 0 N–H and O–H groups in total. The molecule has 25 heavy (non-hydrogen) atoms. The molecule has 0 fully saturated rings. The topological polar surface area (TPSA) is 34.9 Å². The first-order valence-corrected chi connectivity index (χ1v) is 8.37. The number of benzene rings is 2. The summed E-state index contributed by atoms with van der Waals surface area (Å²) in [6.45, 7) is 0. The van der Waals surface area contributed by atoms with Gasteiger partial charge in [0.25, 0.3) is 5.56 Å². The quantitative estimate of drug-likeness (QED) is 0.505. The smallest absolute Gasteiger partial charge is 0.269 e. The Labute approximate surface area is 146 Å². The maximum Gasteiger partial charge on any atom is 0.418 e. The summed E-state index contributed by atoms with van der Waals surface area (Å²) in [5.41, 5.74) is -0.654. The van der Waals surface area contributed by atoms with Crippen LogP contribution in [0.3, 0.4) is 0 Å². The van der Waals surface area contributed by atoms with Gasteiger partial charge in [-0.3, -0.25) is 9.36 Å². The minimum atomic E-state index is -4.56. The van der Waals surface area contributed by atoms with Crippen molar-refractivity contribution < 1.29 is 13.2 Å². The van der Waals surface area contributed by atoms with Crippen molar-refractivity contribution in [3.8, 4) is 5.69 Å². The maximum atomic E-state index is 13.3. The van der Waals surface area contributed by atoms with Crippen molar-refractivity contribution in [1.29, 1.82) is 0 Å². The fourth-order valence-corrected chi connectivity index (χ4v) is 3.29. The molecule has 0 radical (unpaired) electrons. The summed E-state index contributed by atoms with van der Waals surface area (Å²) in [6.07, 6.45) is -3.25. The average molecular weight is 362 g/mol. The molecule has 0 saturated heterocycles. The van der Waals surface area contributed by atoms with Crippen LogP contribution in [0.1, 0.15) is 11.1 Å². The van der Waals surface area contributed by atoms with Gasteiger partial charge in [0.05, 0.1) is 11.3 Å². The Bertz CT molecular complexity index is 923. The van der Waals surface area contributed by atoms with E-state index in [0.717, 1.165) is 22.3 Å². The average Bonchev–Trinajstić information content (AvgIpc) is 2.60. The number of rotatable bonds is 4. The van der Waals surface area contributed by atoms with Crippen LogP contribution in [0.5, 0.6) is 0 Å². The fraction of sp³-hybridized carbons (Fsp3) is 0.111. The normalized spacial score (nSPS) is 11.5. The van der Waals surface area contributed by atoms with Gasteiger partial charge in [-0.15, -0.1) is 0 Å². The molecule has 0 saturated carbocycles. The van der Waals surface area contributed by atoms with E-state index in [1.165, 1.54) is 36.2 Å². The van der Waals surface area contributed by atoms with E-state index in [9.17, 15) is 18.0 Å². The van der Waals surface area contributed by atoms with Crippen LogP contribution in [-0.2, 0) is 11.9 Å². The summed E-state index contributed by atoms with van der Waals surface area (Å²) in [5.74, 6) is 0.492. The van der Waals surface area contributed by atoms with Gasteiger partial charge in [0.1, 0.15) is 0 Å². The molecule has 7 heteroatoms. The van der Waals surface area contributed by atoms with E-state index < -0.39 is 17.3 Å². The number of para-hydroxylation sites is 1. The van der Waals surface area contributed by atoms with E-state index in [-0.39, 0.29) is 10.8 Å². The highest BCUT2D eigenvalue weighted by atomic mass is 32.2. The van der Waals surface area contributed by atoms with E-state index >= 15 is 0 Å². The molecule has 2 aromatic carbocycles. The molecule has 1 aromatic heterocycles. The summed E-state index contributed by atoms with van der Waals surface area (Å²) in [5, 5.41) is 0.216. The third-order valence-electron chi connectivity index (χ3n) is 3.47. The zero-order valence-corrected chi connectivity index (χ0v) is 13.7. The van der Waals surface area contributed by atoms with Crippen LogP contribution in [0.25, 0.3) is 5.69 Å². The number of hydrogen-bond donors (Lipinski definition) is 0. The van der Waals surface area contributed by atoms with Crippen LogP contribution < -0.4 is 5.56 Å². The van der Waals surface area contributed by atoms with E-state index in [1.807, 2.05) is 30.3 Å². The van der Waals surface area contributed by atoms with Crippen molar-refractivity contribution in [2.45, 2.75) is 17.1 Å². The highest BCUT2D eigenvalue weighted by Gasteiger charge is 2.34.